The molecule has 4 rings (SSSR count). The summed E-state index contributed by atoms with van der Waals surface area (Å²) in [5.41, 5.74) is -3.56. The Morgan fingerprint density at radius 3 is 2.20 bits per heavy atom. The van der Waals surface area contributed by atoms with Gasteiger partial charge in [-0.1, -0.05) is 39.3 Å². The van der Waals surface area contributed by atoms with Crippen molar-refractivity contribution in [1.29, 1.82) is 0 Å². The van der Waals surface area contributed by atoms with E-state index >= 15 is 0 Å². The maximum absolute atomic E-state index is 13.6. The number of esters is 3. The van der Waals surface area contributed by atoms with Gasteiger partial charge < -0.3 is 24.4 Å². The van der Waals surface area contributed by atoms with Crippen LogP contribution in [0.4, 0.5) is 0 Å². The van der Waals surface area contributed by atoms with E-state index in [9.17, 15) is 24.6 Å². The van der Waals surface area contributed by atoms with Crippen LogP contribution in [0, 0.1) is 50.7 Å². The summed E-state index contributed by atoms with van der Waals surface area (Å²) in [6.07, 6.45) is 4.95. The van der Waals surface area contributed by atoms with Gasteiger partial charge in [-0.25, -0.2) is 0 Å². The first-order valence-corrected chi connectivity index (χ1v) is 15.2. The molecule has 0 unspecified atom stereocenters. The molecule has 10 atom stereocenters. The summed E-state index contributed by atoms with van der Waals surface area (Å²) in [5.74, 6) is -1.99. The molecule has 0 radical (unpaired) electrons. The topological polar surface area (TPSA) is 119 Å². The highest BCUT2D eigenvalue weighted by atomic mass is 16.5. The van der Waals surface area contributed by atoms with Gasteiger partial charge in [0.2, 0.25) is 0 Å². The van der Waals surface area contributed by atoms with Gasteiger partial charge in [0.25, 0.3) is 0 Å². The molecular formula is C33H52O8. The number of aliphatic hydroxyl groups excluding tert-OH is 1. The van der Waals surface area contributed by atoms with Gasteiger partial charge >= 0.3 is 17.9 Å². The Bertz CT molecular complexity index is 1120. The molecule has 8 heteroatoms. The van der Waals surface area contributed by atoms with Gasteiger partial charge in [0.1, 0.15) is 5.41 Å². The van der Waals surface area contributed by atoms with Gasteiger partial charge in [-0.3, -0.25) is 14.4 Å². The third kappa shape index (κ3) is 4.09. The second kappa shape index (κ2) is 10.1. The van der Waals surface area contributed by atoms with Crippen LogP contribution < -0.4 is 0 Å². The molecule has 0 aromatic heterocycles. The van der Waals surface area contributed by atoms with Gasteiger partial charge in [-0.15, -0.1) is 0 Å². The third-order valence-corrected chi connectivity index (χ3v) is 13.3. The van der Waals surface area contributed by atoms with Crippen LogP contribution in [0.15, 0.2) is 11.6 Å². The smallest absolute Gasteiger partial charge is 0.315 e. The lowest BCUT2D eigenvalue weighted by Gasteiger charge is -2.70. The average Bonchev–Trinajstić information content (AvgIpc) is 2.90. The van der Waals surface area contributed by atoms with Crippen LogP contribution in [0.1, 0.15) is 93.4 Å². The normalized spacial score (nSPS) is 45.8. The second-order valence-corrected chi connectivity index (χ2v) is 15.1. The lowest BCUT2D eigenvalue weighted by molar-refractivity contribution is -0.228. The first-order chi connectivity index (χ1) is 18.9. The minimum absolute atomic E-state index is 0.0204. The van der Waals surface area contributed by atoms with E-state index in [2.05, 4.69) is 26.8 Å². The zero-order chi connectivity index (χ0) is 31.0. The Morgan fingerprint density at radius 1 is 1.00 bits per heavy atom. The van der Waals surface area contributed by atoms with E-state index in [1.165, 1.54) is 21.3 Å². The molecule has 0 saturated heterocycles. The van der Waals surface area contributed by atoms with Crippen molar-refractivity contribution in [1.82, 2.24) is 0 Å². The number of aliphatic hydroxyl groups is 2. The summed E-state index contributed by atoms with van der Waals surface area (Å²) in [4.78, 5) is 39.6. The van der Waals surface area contributed by atoms with Crippen molar-refractivity contribution < 1.29 is 38.8 Å². The van der Waals surface area contributed by atoms with E-state index in [4.69, 9.17) is 14.2 Å². The fourth-order valence-corrected chi connectivity index (χ4v) is 10.7. The SMILES string of the molecule is COC(=O)C[C@@]1(C)[C@@H](C(C)(C)C(=O)OC)CC[C@]2(C)[C@@H]1CC=C1[C@@H]3[C@](C)(O)[C@H](C)C[C@H](O)[C@]3(C(=O)OC)CC[C@]12C. The molecule has 3 fully saturated rings. The number of ether oxygens (including phenoxy) is 3. The minimum atomic E-state index is -1.23. The number of rotatable bonds is 5. The Kier molecular flexibility index (Phi) is 7.86. The largest absolute Gasteiger partial charge is 0.469 e. The van der Waals surface area contributed by atoms with Gasteiger partial charge in [0, 0.05) is 5.92 Å². The van der Waals surface area contributed by atoms with Crippen LogP contribution in [-0.2, 0) is 28.6 Å². The molecule has 4 aliphatic carbocycles. The summed E-state index contributed by atoms with van der Waals surface area (Å²) in [6, 6.07) is 0. The van der Waals surface area contributed by atoms with E-state index in [0.717, 1.165) is 12.0 Å². The lowest BCUT2D eigenvalue weighted by Crippen LogP contribution is -2.70. The molecule has 0 heterocycles. The van der Waals surface area contributed by atoms with Crippen LogP contribution in [0.3, 0.4) is 0 Å². The minimum Gasteiger partial charge on any atom is -0.469 e. The number of carbonyl (C=O) groups is 3. The summed E-state index contributed by atoms with van der Waals surface area (Å²) in [5, 5.41) is 23.6. The summed E-state index contributed by atoms with van der Waals surface area (Å²) in [7, 11) is 4.17. The van der Waals surface area contributed by atoms with Crippen molar-refractivity contribution in [3.8, 4) is 0 Å². The number of allylic oxidation sites excluding steroid dienone is 1. The van der Waals surface area contributed by atoms with Gasteiger partial charge in [-0.05, 0) is 93.3 Å². The first kappa shape index (κ1) is 32.0. The highest BCUT2D eigenvalue weighted by Gasteiger charge is 2.73. The number of hydrogen-bond acceptors (Lipinski definition) is 8. The molecule has 41 heavy (non-hydrogen) atoms. The zero-order valence-corrected chi connectivity index (χ0v) is 26.8. The van der Waals surface area contributed by atoms with E-state index in [-0.39, 0.29) is 41.5 Å². The fraction of sp³-hybridized carbons (Fsp3) is 0.848. The quantitative estimate of drug-likeness (QED) is 0.271. The predicted molar refractivity (Wildman–Crippen MR) is 153 cm³/mol. The molecule has 0 aromatic carbocycles. The number of hydrogen-bond donors (Lipinski definition) is 2. The van der Waals surface area contributed by atoms with Crippen LogP contribution in [-0.4, -0.2) is 61.2 Å². The number of fused-ring (bicyclic) bond motifs is 5. The summed E-state index contributed by atoms with van der Waals surface area (Å²) < 4.78 is 15.8. The van der Waals surface area contributed by atoms with Crippen LogP contribution in [0.2, 0.25) is 0 Å². The summed E-state index contributed by atoms with van der Waals surface area (Å²) >= 11 is 0. The van der Waals surface area contributed by atoms with Crippen LogP contribution in [0.25, 0.3) is 0 Å². The second-order valence-electron chi connectivity index (χ2n) is 15.1. The molecule has 0 spiro atoms. The predicted octanol–water partition coefficient (Wildman–Crippen LogP) is 4.85. The van der Waals surface area contributed by atoms with Crippen molar-refractivity contribution in [2.24, 2.45) is 50.7 Å². The number of carbonyl (C=O) groups excluding carboxylic acids is 3. The maximum Gasteiger partial charge on any atom is 0.315 e. The van der Waals surface area contributed by atoms with Crippen molar-refractivity contribution in [3.63, 3.8) is 0 Å². The monoisotopic (exact) mass is 576 g/mol. The molecule has 0 aromatic rings. The van der Waals surface area contributed by atoms with Crippen LogP contribution in [0.5, 0.6) is 0 Å². The molecule has 4 aliphatic rings. The molecule has 3 saturated carbocycles. The standard InChI is InChI=1S/C33H52O8/c1-19-17-23(34)33(27(37)41-10)16-15-30(5)20(25(33)32(19,7)38)11-12-22-29(4,18-24(35)39-8)21(13-14-31(22,30)6)28(2,3)26(36)40-9/h11,19,21-23,25,34,38H,12-18H2,1-10H3/t19-,21-,22-,23+,25-,29+,30-,31-,32-,33-/m1/s1. The number of methoxy groups -OCH3 is 3. The first-order valence-electron chi connectivity index (χ1n) is 15.2. The fourth-order valence-electron chi connectivity index (χ4n) is 10.7. The van der Waals surface area contributed by atoms with E-state index in [1.807, 2.05) is 27.7 Å². The molecule has 8 nitrogen and oxygen atoms in total. The Labute approximate surface area is 245 Å². The Hall–Kier alpha value is -1.93. The Balaban J connectivity index is 1.92. The van der Waals surface area contributed by atoms with Crippen molar-refractivity contribution in [2.75, 3.05) is 21.3 Å². The zero-order valence-electron chi connectivity index (χ0n) is 26.8. The highest BCUT2D eigenvalue weighted by molar-refractivity contribution is 5.80. The van der Waals surface area contributed by atoms with Crippen molar-refractivity contribution >= 4 is 17.9 Å². The highest BCUT2D eigenvalue weighted by Crippen LogP contribution is 2.75. The van der Waals surface area contributed by atoms with E-state index < -0.39 is 45.3 Å². The third-order valence-electron chi connectivity index (χ3n) is 13.3. The lowest BCUT2D eigenvalue weighted by atomic mass is 9.34. The molecule has 0 bridgehead atoms. The van der Waals surface area contributed by atoms with Gasteiger partial charge in [0.05, 0.1) is 44.9 Å². The molecule has 0 aliphatic heterocycles. The van der Waals surface area contributed by atoms with E-state index in [0.29, 0.717) is 32.1 Å². The van der Waals surface area contributed by atoms with E-state index in [1.54, 1.807) is 0 Å². The average molecular weight is 577 g/mol. The van der Waals surface area contributed by atoms with Gasteiger partial charge in [-0.2, -0.15) is 0 Å². The van der Waals surface area contributed by atoms with Crippen molar-refractivity contribution in [3.05, 3.63) is 11.6 Å². The molecule has 232 valence electrons. The molecule has 2 N–H and O–H groups in total. The van der Waals surface area contributed by atoms with Crippen molar-refractivity contribution in [2.45, 2.75) is 105 Å². The van der Waals surface area contributed by atoms with Gasteiger partial charge in [0.15, 0.2) is 0 Å². The molecular weight excluding hydrogens is 524 g/mol. The van der Waals surface area contributed by atoms with Crippen LogP contribution >= 0.6 is 0 Å². The Morgan fingerprint density at radius 2 is 1.63 bits per heavy atom. The molecule has 0 amide bonds. The summed E-state index contributed by atoms with van der Waals surface area (Å²) in [6.45, 7) is 14.3. The maximum atomic E-state index is 13.6.